The number of hydrogen-bond donors (Lipinski definition) is 3. The Morgan fingerprint density at radius 2 is 1.37 bits per heavy atom. The summed E-state index contributed by atoms with van der Waals surface area (Å²) in [7, 11) is -13.6. The van der Waals surface area contributed by atoms with Crippen molar-refractivity contribution >= 4 is 54.0 Å². The van der Waals surface area contributed by atoms with Gasteiger partial charge in [0.2, 0.25) is 0 Å². The van der Waals surface area contributed by atoms with Crippen molar-refractivity contribution < 1.29 is 67.7 Å². The van der Waals surface area contributed by atoms with Gasteiger partial charge in [-0.25, -0.2) is 4.79 Å². The van der Waals surface area contributed by atoms with E-state index >= 15 is 0 Å². The average Bonchev–Trinajstić information content (AvgIpc) is 3.32. The highest BCUT2D eigenvalue weighted by Crippen LogP contribution is 2.55. The lowest BCUT2D eigenvalue weighted by Gasteiger charge is -2.42. The first-order chi connectivity index (χ1) is 22.8. The molecule has 0 aromatic rings. The van der Waals surface area contributed by atoms with Gasteiger partial charge in [-0.1, -0.05) is 30.7 Å². The highest BCUT2D eigenvalue weighted by Gasteiger charge is 2.48. The van der Waals surface area contributed by atoms with Gasteiger partial charge >= 0.3 is 5.97 Å². The molecule has 20 heteroatoms. The molecule has 0 radical (unpaired) electrons. The lowest BCUT2D eigenvalue weighted by atomic mass is 9.64. The number of unbranched alkanes of at least 4 members (excludes halogenated alkanes) is 2. The van der Waals surface area contributed by atoms with Crippen LogP contribution in [-0.2, 0) is 59.1 Å². The number of hydroxylamine groups is 2. The fraction of sp³-hybridized carbons (Fsp3) is 0.379. The molecule has 2 unspecified atom stereocenters. The van der Waals surface area contributed by atoms with Crippen molar-refractivity contribution in [3.8, 4) is 0 Å². The van der Waals surface area contributed by atoms with E-state index in [4.69, 9.17) is 9.57 Å². The topological polar surface area (TPSA) is 256 Å². The highest BCUT2D eigenvalue weighted by atomic mass is 32.2. The summed E-state index contributed by atoms with van der Waals surface area (Å²) >= 11 is 0. The van der Waals surface area contributed by atoms with Gasteiger partial charge in [-0.3, -0.25) is 28.0 Å². The Morgan fingerprint density at radius 1 is 0.816 bits per heavy atom. The number of hydrogen-bond acceptors (Lipinski definition) is 12. The van der Waals surface area contributed by atoms with Crippen LogP contribution in [-0.4, -0.2) is 92.8 Å². The number of carbonyl (C=O) groups is 4. The molecule has 1 aliphatic heterocycles. The van der Waals surface area contributed by atoms with Gasteiger partial charge < -0.3 is 14.5 Å². The van der Waals surface area contributed by atoms with E-state index in [1.165, 1.54) is 30.2 Å². The van der Waals surface area contributed by atoms with Crippen LogP contribution in [0.2, 0.25) is 0 Å². The lowest BCUT2D eigenvalue weighted by molar-refractivity contribution is -0.197. The normalized spacial score (nSPS) is 21.9. The molecule has 5 aliphatic rings. The predicted molar refractivity (Wildman–Crippen MR) is 166 cm³/mol. The zero-order chi connectivity index (χ0) is 36.1. The number of allylic oxidation sites excluding steroid dienone is 10. The molecule has 3 N–H and O–H groups in total. The first kappa shape index (κ1) is 36.1. The first-order valence-corrected chi connectivity index (χ1v) is 19.0. The van der Waals surface area contributed by atoms with Crippen LogP contribution in [0, 0.1) is 11.8 Å². The van der Waals surface area contributed by atoms with Crippen molar-refractivity contribution in [3.63, 3.8) is 0 Å². The number of amides is 3. The maximum absolute atomic E-state index is 12.9. The van der Waals surface area contributed by atoms with Crippen LogP contribution in [0.5, 0.6) is 0 Å². The molecular formula is C29H30N2O15S3. The van der Waals surface area contributed by atoms with E-state index in [1.807, 2.05) is 0 Å². The van der Waals surface area contributed by atoms with Crippen LogP contribution >= 0.6 is 0 Å². The van der Waals surface area contributed by atoms with Crippen LogP contribution < -0.4 is 0 Å². The minimum Gasteiger partial charge on any atom is -0.483 e. The fourth-order valence-corrected chi connectivity index (χ4v) is 8.45. The van der Waals surface area contributed by atoms with Gasteiger partial charge in [-0.05, 0) is 35.6 Å². The van der Waals surface area contributed by atoms with Crippen molar-refractivity contribution in [2.75, 3.05) is 20.2 Å². The Morgan fingerprint density at radius 3 is 1.94 bits per heavy atom. The Bertz CT molecular complexity index is 2080. The molecule has 0 aromatic heterocycles. The maximum atomic E-state index is 12.9. The Labute approximate surface area is 280 Å². The number of nitrogens with zero attached hydrogens (tertiary/aromatic N) is 2. The average molecular weight is 743 g/mol. The molecule has 0 bridgehead atoms. The second-order valence-electron chi connectivity index (χ2n) is 11.6. The van der Waals surface area contributed by atoms with Gasteiger partial charge in [0.1, 0.15) is 10.7 Å². The summed E-state index contributed by atoms with van der Waals surface area (Å²) < 4.78 is 110. The SMILES string of the molecule is CN(CCCCCC(=O)ON1C(=O)CCC1=O)C(=O)COC1=CC(S(=O)(=O)O)=C2C=CC3=C(S(=O)(=O)O)C=C(S(=O)(=O)O)C4=CC=C1C2C43. The molecule has 1 fully saturated rings. The second kappa shape index (κ2) is 13.2. The molecule has 17 nitrogen and oxygen atoms in total. The predicted octanol–water partition coefficient (Wildman–Crippen LogP) is 1.26. The van der Waals surface area contributed by atoms with E-state index in [-0.39, 0.29) is 53.9 Å². The summed E-state index contributed by atoms with van der Waals surface area (Å²) in [5.74, 6) is -5.11. The monoisotopic (exact) mass is 742 g/mol. The third kappa shape index (κ3) is 7.38. The summed E-state index contributed by atoms with van der Waals surface area (Å²) in [4.78, 5) is 51.8. The van der Waals surface area contributed by atoms with E-state index in [0.29, 0.717) is 30.4 Å². The van der Waals surface area contributed by atoms with Gasteiger partial charge in [0.15, 0.2) is 6.61 Å². The van der Waals surface area contributed by atoms with Gasteiger partial charge in [-0.15, -0.1) is 5.06 Å². The quantitative estimate of drug-likeness (QED) is 0.136. The van der Waals surface area contributed by atoms with Crippen LogP contribution in [0.25, 0.3) is 0 Å². The third-order valence-electron chi connectivity index (χ3n) is 8.40. The van der Waals surface area contributed by atoms with Crippen molar-refractivity contribution in [1.29, 1.82) is 0 Å². The molecule has 49 heavy (non-hydrogen) atoms. The smallest absolute Gasteiger partial charge is 0.333 e. The van der Waals surface area contributed by atoms with E-state index in [1.54, 1.807) is 0 Å². The van der Waals surface area contributed by atoms with Crippen LogP contribution in [0.1, 0.15) is 38.5 Å². The molecule has 1 heterocycles. The standard InChI is InChI=1S/C29H30N2O15S3/c1-30(12-4-2-3-5-27(35)46-31-24(32)10-11-25(31)33)26(34)15-45-20-13-21(47(36,37)38)17-8-9-19-23(49(42,43)44)14-22(48(39,40)41)18-7-6-16(20)28(17)29(18)19/h6-9,13-14,28-29H,2-5,10-12,15H2,1H3,(H,36,37,38)(H,39,40,41)(H,42,43,44). The lowest BCUT2D eigenvalue weighted by Crippen LogP contribution is -2.36. The largest absolute Gasteiger partial charge is 0.483 e. The van der Waals surface area contributed by atoms with E-state index in [9.17, 15) is 58.1 Å². The summed E-state index contributed by atoms with van der Waals surface area (Å²) in [5.41, 5.74) is -0.0845. The second-order valence-corrected chi connectivity index (χ2v) is 15.7. The summed E-state index contributed by atoms with van der Waals surface area (Å²) in [6, 6.07) is 0. The molecule has 1 saturated heterocycles. The molecular weight excluding hydrogens is 713 g/mol. The van der Waals surface area contributed by atoms with E-state index in [2.05, 4.69) is 0 Å². The van der Waals surface area contributed by atoms with E-state index < -0.39 is 87.2 Å². The molecule has 3 amide bonds. The first-order valence-electron chi connectivity index (χ1n) is 14.7. The number of imide groups is 1. The molecule has 0 saturated carbocycles. The minimum atomic E-state index is -5.05. The molecule has 0 spiro atoms. The summed E-state index contributed by atoms with van der Waals surface area (Å²) in [6.07, 6.45) is 7.71. The number of likely N-dealkylation sites (N-methyl/N-ethyl adjacent to an activating group) is 1. The van der Waals surface area contributed by atoms with Crippen molar-refractivity contribution in [2.45, 2.75) is 38.5 Å². The van der Waals surface area contributed by atoms with Crippen LogP contribution in [0.4, 0.5) is 0 Å². The van der Waals surface area contributed by atoms with Gasteiger partial charge in [0, 0.05) is 56.3 Å². The third-order valence-corrected chi connectivity index (χ3v) is 11.1. The van der Waals surface area contributed by atoms with Gasteiger partial charge in [-0.2, -0.15) is 25.3 Å². The Balaban J connectivity index is 1.29. The van der Waals surface area contributed by atoms with Crippen LogP contribution in [0.15, 0.2) is 79.2 Å². The molecule has 5 rings (SSSR count). The zero-order valence-electron chi connectivity index (χ0n) is 25.6. The highest BCUT2D eigenvalue weighted by molar-refractivity contribution is 7.91. The zero-order valence-corrected chi connectivity index (χ0v) is 28.1. The Hall–Kier alpha value is -4.21. The van der Waals surface area contributed by atoms with Crippen molar-refractivity contribution in [2.24, 2.45) is 11.8 Å². The number of rotatable bonds is 13. The van der Waals surface area contributed by atoms with Crippen molar-refractivity contribution in [1.82, 2.24) is 9.96 Å². The minimum absolute atomic E-state index is 0.0212. The Kier molecular flexibility index (Phi) is 9.76. The molecule has 0 aromatic carbocycles. The summed E-state index contributed by atoms with van der Waals surface area (Å²) in [6.45, 7) is -0.391. The number of ether oxygens (including phenoxy) is 1. The molecule has 4 aliphatic carbocycles. The summed E-state index contributed by atoms with van der Waals surface area (Å²) in [5, 5.41) is 0.463. The molecule has 2 atom stereocenters. The van der Waals surface area contributed by atoms with E-state index in [0.717, 1.165) is 12.2 Å². The fourth-order valence-electron chi connectivity index (χ4n) is 6.11. The van der Waals surface area contributed by atoms with Crippen molar-refractivity contribution in [3.05, 3.63) is 79.2 Å². The van der Waals surface area contributed by atoms with Crippen LogP contribution in [0.3, 0.4) is 0 Å². The maximum Gasteiger partial charge on any atom is 0.333 e. The van der Waals surface area contributed by atoms with Gasteiger partial charge in [0.25, 0.3) is 48.1 Å². The number of carbonyl (C=O) groups excluding carboxylic acids is 4. The molecule has 264 valence electrons. The van der Waals surface area contributed by atoms with Gasteiger partial charge in [0.05, 0.1) is 9.81 Å².